The number of nitrogens with zero attached hydrogens (tertiary/aromatic N) is 3. The van der Waals surface area contributed by atoms with Gasteiger partial charge in [0.25, 0.3) is 5.91 Å². The van der Waals surface area contributed by atoms with E-state index in [1.165, 1.54) is 11.9 Å². The molecule has 1 amide bonds. The summed E-state index contributed by atoms with van der Waals surface area (Å²) in [5.41, 5.74) is 2.80. The summed E-state index contributed by atoms with van der Waals surface area (Å²) < 4.78 is 8.27. The monoisotopic (exact) mass is 439 g/mol. The van der Waals surface area contributed by atoms with E-state index in [9.17, 15) is 9.90 Å². The average Bonchev–Trinajstić information content (AvgIpc) is 3.30. The van der Waals surface area contributed by atoms with Crippen LogP contribution in [-0.2, 0) is 11.4 Å². The fourth-order valence-corrected chi connectivity index (χ4v) is 3.73. The molecule has 9 heteroatoms. The summed E-state index contributed by atoms with van der Waals surface area (Å²) in [6, 6.07) is 15.4. The van der Waals surface area contributed by atoms with Gasteiger partial charge in [-0.2, -0.15) is 4.98 Å². The van der Waals surface area contributed by atoms with Gasteiger partial charge in [-0.3, -0.25) is 4.79 Å². The number of aliphatic imine (C=N–C) groups is 1. The molecule has 0 saturated carbocycles. The quantitative estimate of drug-likeness (QED) is 0.504. The van der Waals surface area contributed by atoms with Gasteiger partial charge < -0.3 is 19.7 Å². The lowest BCUT2D eigenvalue weighted by atomic mass is 9.99. The number of aryl methyl sites for hydroxylation is 1. The van der Waals surface area contributed by atoms with Crippen molar-refractivity contribution in [2.24, 2.45) is 4.99 Å². The molecule has 1 unspecified atom stereocenters. The second-order valence-corrected chi connectivity index (χ2v) is 7.36. The van der Waals surface area contributed by atoms with E-state index in [0.717, 1.165) is 21.7 Å². The van der Waals surface area contributed by atoms with Gasteiger partial charge in [-0.1, -0.05) is 55.4 Å². The summed E-state index contributed by atoms with van der Waals surface area (Å²) in [5, 5.41) is 15.8. The normalized spacial score (nSPS) is 13.1. The van der Waals surface area contributed by atoms with Crippen molar-refractivity contribution < 1.29 is 14.4 Å². The average molecular weight is 440 g/mol. The Balaban J connectivity index is 0.00000132. The first-order valence-corrected chi connectivity index (χ1v) is 10.8. The zero-order valence-corrected chi connectivity index (χ0v) is 18.4. The van der Waals surface area contributed by atoms with Crippen LogP contribution in [0.2, 0.25) is 0 Å². The molecule has 4 rings (SSSR count). The number of rotatable bonds is 6. The minimum atomic E-state index is -0.347. The van der Waals surface area contributed by atoms with Gasteiger partial charge in [0.2, 0.25) is 11.7 Å². The van der Waals surface area contributed by atoms with Crippen molar-refractivity contribution in [3.05, 3.63) is 71.4 Å². The van der Waals surface area contributed by atoms with Gasteiger partial charge >= 0.3 is 0 Å². The summed E-state index contributed by atoms with van der Waals surface area (Å²) in [6.45, 7) is 5.94. The molecule has 1 aliphatic heterocycles. The Kier molecular flexibility index (Phi) is 7.80. The second-order valence-electron chi connectivity index (χ2n) is 6.52. The number of fused-ring (bicyclic) bond motifs is 1. The smallest absolute Gasteiger partial charge is 0.287 e. The van der Waals surface area contributed by atoms with Crippen molar-refractivity contribution in [2.75, 3.05) is 6.54 Å². The van der Waals surface area contributed by atoms with Crippen LogP contribution in [0.1, 0.15) is 42.6 Å². The predicted molar refractivity (Wildman–Crippen MR) is 120 cm³/mol. The number of aromatic nitrogens is 2. The van der Waals surface area contributed by atoms with Crippen molar-refractivity contribution in [1.29, 1.82) is 0 Å². The third-order valence-electron chi connectivity index (χ3n) is 4.41. The number of carbonyl (C=O) groups excluding carboxylic acids is 1. The third-order valence-corrected chi connectivity index (χ3v) is 5.25. The van der Waals surface area contributed by atoms with Crippen molar-refractivity contribution >= 4 is 29.4 Å². The molecule has 162 valence electrons. The van der Waals surface area contributed by atoms with Gasteiger partial charge in [0, 0.05) is 6.54 Å². The largest absolute Gasteiger partial charge is 0.388 e. The summed E-state index contributed by atoms with van der Waals surface area (Å²) >= 11 is 1.36. The lowest BCUT2D eigenvalue weighted by Crippen LogP contribution is -2.40. The van der Waals surface area contributed by atoms with Gasteiger partial charge in [-0.25, -0.2) is 4.99 Å². The van der Waals surface area contributed by atoms with Gasteiger partial charge in [0.1, 0.15) is 6.61 Å². The lowest BCUT2D eigenvalue weighted by molar-refractivity contribution is -0.115. The highest BCUT2D eigenvalue weighted by Gasteiger charge is 2.24. The number of nitrogens with one attached hydrogen (secondary N) is 2. The molecule has 1 aromatic heterocycles. The van der Waals surface area contributed by atoms with E-state index in [2.05, 4.69) is 25.2 Å². The van der Waals surface area contributed by atoms with Crippen LogP contribution < -0.4 is 10.0 Å². The van der Waals surface area contributed by atoms with Crippen LogP contribution in [0.15, 0.2) is 62.9 Å². The van der Waals surface area contributed by atoms with Crippen LogP contribution >= 0.6 is 11.9 Å². The van der Waals surface area contributed by atoms with E-state index < -0.39 is 0 Å². The van der Waals surface area contributed by atoms with Crippen molar-refractivity contribution in [2.45, 2.75) is 38.2 Å². The van der Waals surface area contributed by atoms with Gasteiger partial charge in [0.05, 0.1) is 16.5 Å². The fourth-order valence-electron chi connectivity index (χ4n) is 2.92. The third kappa shape index (κ3) is 5.50. The molecular formula is C22H25N5O3S. The Morgan fingerprint density at radius 3 is 2.71 bits per heavy atom. The van der Waals surface area contributed by atoms with Gasteiger partial charge in [-0.15, -0.1) is 0 Å². The Morgan fingerprint density at radius 2 is 2.00 bits per heavy atom. The zero-order chi connectivity index (χ0) is 22.2. The van der Waals surface area contributed by atoms with Crippen molar-refractivity contribution in [3.8, 4) is 0 Å². The molecule has 3 aromatic rings. The highest BCUT2D eigenvalue weighted by atomic mass is 32.2. The first-order valence-electron chi connectivity index (χ1n) is 10.0. The first kappa shape index (κ1) is 22.5. The second kappa shape index (κ2) is 10.7. The molecule has 31 heavy (non-hydrogen) atoms. The Morgan fingerprint density at radius 1 is 1.23 bits per heavy atom. The first-order chi connectivity index (χ1) is 15.1. The van der Waals surface area contributed by atoms with Crippen LogP contribution in [0.3, 0.4) is 0 Å². The minimum Gasteiger partial charge on any atom is -0.388 e. The number of amides is 1. The standard InChI is InChI=1S/C20H19N5O3S.C2H6/c1-12-7-8-15-16(9-12)29-25-18(22-15)19(27)21-10-14(13-5-3-2-4-6-13)20-23-17(11-26)24-28-20;1-2/h2-9,14,26H,10-11H2,1H3,(H,21,27)(H,22,25);1-2H3. The molecule has 1 atom stereocenters. The summed E-state index contributed by atoms with van der Waals surface area (Å²) in [6.07, 6.45) is 0. The van der Waals surface area contributed by atoms with Gasteiger partial charge in [-0.05, 0) is 42.1 Å². The molecule has 0 spiro atoms. The summed E-state index contributed by atoms with van der Waals surface area (Å²) in [7, 11) is 0. The molecule has 8 nitrogen and oxygen atoms in total. The summed E-state index contributed by atoms with van der Waals surface area (Å²) in [4.78, 5) is 22.3. The predicted octanol–water partition coefficient (Wildman–Crippen LogP) is 3.49. The van der Waals surface area contributed by atoms with E-state index in [1.807, 2.05) is 69.3 Å². The minimum absolute atomic E-state index is 0.203. The maximum Gasteiger partial charge on any atom is 0.287 e. The van der Waals surface area contributed by atoms with Crippen LogP contribution in [0.25, 0.3) is 0 Å². The van der Waals surface area contributed by atoms with E-state index in [4.69, 9.17) is 4.52 Å². The molecule has 0 bridgehead atoms. The molecule has 0 radical (unpaired) electrons. The number of amidine groups is 1. The SMILES string of the molecule is CC.Cc1ccc2c(c1)SNC(C(=O)NCC(c1ccccc1)c1nc(CO)no1)=N2. The Hall–Kier alpha value is -3.17. The van der Waals surface area contributed by atoms with Crippen LogP contribution in [0, 0.1) is 6.92 Å². The molecular weight excluding hydrogens is 414 g/mol. The Labute approximate surface area is 185 Å². The van der Waals surface area contributed by atoms with E-state index >= 15 is 0 Å². The molecule has 2 heterocycles. The number of aliphatic hydroxyl groups is 1. The maximum absolute atomic E-state index is 12.7. The lowest BCUT2D eigenvalue weighted by Gasteiger charge is -2.18. The zero-order valence-electron chi connectivity index (χ0n) is 17.6. The van der Waals surface area contributed by atoms with E-state index in [0.29, 0.717) is 5.89 Å². The number of aliphatic hydroxyl groups excluding tert-OH is 1. The molecule has 1 aliphatic rings. The molecule has 0 aliphatic carbocycles. The number of carbonyl (C=O) groups is 1. The van der Waals surface area contributed by atoms with Crippen molar-refractivity contribution in [1.82, 2.24) is 20.2 Å². The highest BCUT2D eigenvalue weighted by molar-refractivity contribution is 7.98. The maximum atomic E-state index is 12.7. The highest BCUT2D eigenvalue weighted by Crippen LogP contribution is 2.32. The van der Waals surface area contributed by atoms with Crippen molar-refractivity contribution in [3.63, 3.8) is 0 Å². The van der Waals surface area contributed by atoms with E-state index in [-0.39, 0.29) is 36.6 Å². The number of benzene rings is 2. The fraction of sp³-hybridized carbons (Fsp3) is 0.273. The van der Waals surface area contributed by atoms with E-state index in [1.54, 1.807) is 0 Å². The molecule has 0 fully saturated rings. The van der Waals surface area contributed by atoms with Crippen LogP contribution in [-0.4, -0.2) is 33.5 Å². The topological polar surface area (TPSA) is 113 Å². The van der Waals surface area contributed by atoms with Gasteiger partial charge in [0.15, 0.2) is 5.82 Å². The summed E-state index contributed by atoms with van der Waals surface area (Å²) in [5.74, 6) is 0.0918. The molecule has 3 N–H and O–H groups in total. The molecule has 2 aromatic carbocycles. The van der Waals surface area contributed by atoms with Crippen LogP contribution in [0.5, 0.6) is 0 Å². The van der Waals surface area contributed by atoms with Crippen LogP contribution in [0.4, 0.5) is 5.69 Å². The Bertz CT molecular complexity index is 1050. The number of hydrogen-bond acceptors (Lipinski definition) is 8. The molecule has 0 saturated heterocycles. The number of hydrogen-bond donors (Lipinski definition) is 3.